The van der Waals surface area contributed by atoms with Crippen LogP contribution in [-0.2, 0) is 0 Å². The van der Waals surface area contributed by atoms with E-state index in [1.54, 1.807) is 13.3 Å². The van der Waals surface area contributed by atoms with E-state index in [1.165, 1.54) is 0 Å². The fourth-order valence-electron chi connectivity index (χ4n) is 1.67. The van der Waals surface area contributed by atoms with E-state index in [0.29, 0.717) is 12.5 Å². The van der Waals surface area contributed by atoms with Gasteiger partial charge in [-0.1, -0.05) is 12.1 Å². The first kappa shape index (κ1) is 11.5. The van der Waals surface area contributed by atoms with Crippen molar-refractivity contribution in [3.8, 4) is 22.8 Å². The number of hydrogen-bond donors (Lipinski definition) is 0. The van der Waals surface area contributed by atoms with Crippen LogP contribution < -0.4 is 9.47 Å². The van der Waals surface area contributed by atoms with Crippen molar-refractivity contribution < 1.29 is 9.47 Å². The van der Waals surface area contributed by atoms with Crippen LogP contribution in [0.3, 0.4) is 0 Å². The Balaban J connectivity index is 2.33. The van der Waals surface area contributed by atoms with Gasteiger partial charge in [0.1, 0.15) is 5.75 Å². The Morgan fingerprint density at radius 3 is 2.53 bits per heavy atom. The lowest BCUT2D eigenvalue weighted by Gasteiger charge is -2.08. The monoisotopic (exact) mass is 229 g/mol. The summed E-state index contributed by atoms with van der Waals surface area (Å²) < 4.78 is 10.6. The Labute approximate surface area is 101 Å². The van der Waals surface area contributed by atoms with Gasteiger partial charge >= 0.3 is 0 Å². The van der Waals surface area contributed by atoms with Crippen LogP contribution in [0, 0.1) is 0 Å². The van der Waals surface area contributed by atoms with E-state index in [1.807, 2.05) is 43.3 Å². The quantitative estimate of drug-likeness (QED) is 0.807. The van der Waals surface area contributed by atoms with Crippen molar-refractivity contribution in [2.24, 2.45) is 0 Å². The van der Waals surface area contributed by atoms with Gasteiger partial charge in [0.15, 0.2) is 0 Å². The van der Waals surface area contributed by atoms with E-state index < -0.39 is 0 Å². The Morgan fingerprint density at radius 1 is 1.12 bits per heavy atom. The van der Waals surface area contributed by atoms with Gasteiger partial charge in [0.05, 0.1) is 13.7 Å². The molecule has 0 aliphatic heterocycles. The van der Waals surface area contributed by atoms with E-state index in [0.717, 1.165) is 16.9 Å². The number of ether oxygens (including phenoxy) is 2. The second-order valence-corrected chi connectivity index (χ2v) is 3.52. The molecule has 0 aliphatic rings. The molecule has 3 heteroatoms. The molecular formula is C14H15NO2. The molecule has 1 aromatic heterocycles. The number of rotatable bonds is 4. The molecule has 1 heterocycles. The van der Waals surface area contributed by atoms with Crippen molar-refractivity contribution in [3.63, 3.8) is 0 Å². The highest BCUT2D eigenvalue weighted by molar-refractivity contribution is 5.68. The molecule has 1 aromatic carbocycles. The highest BCUT2D eigenvalue weighted by atomic mass is 16.5. The molecule has 3 nitrogen and oxygen atoms in total. The molecule has 0 saturated carbocycles. The van der Waals surface area contributed by atoms with Gasteiger partial charge in [-0.2, -0.15) is 0 Å². The Hall–Kier alpha value is -2.03. The zero-order valence-electron chi connectivity index (χ0n) is 10.0. The average Bonchev–Trinajstić information content (AvgIpc) is 2.40. The molecule has 0 aliphatic carbocycles. The molecule has 0 spiro atoms. The van der Waals surface area contributed by atoms with Gasteiger partial charge in [-0.05, 0) is 36.8 Å². The molecule has 2 aromatic rings. The molecule has 0 atom stereocenters. The predicted molar refractivity (Wildman–Crippen MR) is 67.4 cm³/mol. The maximum absolute atomic E-state index is 5.41. The minimum atomic E-state index is 0.636. The van der Waals surface area contributed by atoms with E-state index >= 15 is 0 Å². The van der Waals surface area contributed by atoms with Crippen molar-refractivity contribution in [2.45, 2.75) is 6.92 Å². The number of hydrogen-bond acceptors (Lipinski definition) is 3. The molecular weight excluding hydrogens is 214 g/mol. The summed E-state index contributed by atoms with van der Waals surface area (Å²) in [5, 5.41) is 0. The van der Waals surface area contributed by atoms with Gasteiger partial charge in [0.25, 0.3) is 0 Å². The summed E-state index contributed by atoms with van der Waals surface area (Å²) in [7, 11) is 1.63. The summed E-state index contributed by atoms with van der Waals surface area (Å²) in [4.78, 5) is 4.18. The first-order chi connectivity index (χ1) is 8.35. The van der Waals surface area contributed by atoms with Crippen LogP contribution in [0.25, 0.3) is 11.1 Å². The normalized spacial score (nSPS) is 10.0. The summed E-state index contributed by atoms with van der Waals surface area (Å²) in [6.07, 6.45) is 1.72. The van der Waals surface area contributed by atoms with E-state index in [-0.39, 0.29) is 0 Å². The van der Waals surface area contributed by atoms with Crippen molar-refractivity contribution in [3.05, 3.63) is 42.6 Å². The molecule has 2 rings (SSSR count). The van der Waals surface area contributed by atoms with E-state index in [2.05, 4.69) is 4.98 Å². The zero-order chi connectivity index (χ0) is 12.1. The average molecular weight is 229 g/mol. The molecule has 0 radical (unpaired) electrons. The topological polar surface area (TPSA) is 31.4 Å². The van der Waals surface area contributed by atoms with Gasteiger partial charge in [-0.15, -0.1) is 0 Å². The van der Waals surface area contributed by atoms with Crippen LogP contribution in [0.1, 0.15) is 6.92 Å². The zero-order valence-corrected chi connectivity index (χ0v) is 10.0. The Bertz CT molecular complexity index is 480. The van der Waals surface area contributed by atoms with Crippen LogP contribution in [-0.4, -0.2) is 18.7 Å². The van der Waals surface area contributed by atoms with Gasteiger partial charge in [-0.25, -0.2) is 4.98 Å². The molecule has 17 heavy (non-hydrogen) atoms. The Kier molecular flexibility index (Phi) is 3.60. The minimum Gasteiger partial charge on any atom is -0.494 e. The van der Waals surface area contributed by atoms with Gasteiger partial charge in [0.2, 0.25) is 5.88 Å². The second kappa shape index (κ2) is 5.34. The van der Waals surface area contributed by atoms with Crippen molar-refractivity contribution in [1.82, 2.24) is 4.98 Å². The summed E-state index contributed by atoms with van der Waals surface area (Å²) >= 11 is 0. The molecule has 0 bridgehead atoms. The number of benzene rings is 1. The van der Waals surface area contributed by atoms with Crippen LogP contribution in [0.5, 0.6) is 11.6 Å². The fourth-order valence-corrected chi connectivity index (χ4v) is 1.67. The lowest BCUT2D eigenvalue weighted by molar-refractivity contribution is 0.340. The molecule has 0 fully saturated rings. The van der Waals surface area contributed by atoms with Crippen LogP contribution in [0.4, 0.5) is 0 Å². The fraction of sp³-hybridized carbons (Fsp3) is 0.214. The number of methoxy groups -OCH3 is 1. The van der Waals surface area contributed by atoms with Gasteiger partial charge < -0.3 is 9.47 Å². The van der Waals surface area contributed by atoms with Crippen molar-refractivity contribution >= 4 is 0 Å². The van der Waals surface area contributed by atoms with Crippen LogP contribution >= 0.6 is 0 Å². The summed E-state index contributed by atoms with van der Waals surface area (Å²) in [5.41, 5.74) is 2.05. The predicted octanol–water partition coefficient (Wildman–Crippen LogP) is 3.16. The third-order valence-corrected chi connectivity index (χ3v) is 2.44. The standard InChI is InChI=1S/C14H15NO2/c1-3-17-12-8-6-11(7-9-12)13-5-4-10-15-14(13)16-2/h4-10H,3H2,1-2H3. The largest absolute Gasteiger partial charge is 0.494 e. The van der Waals surface area contributed by atoms with Gasteiger partial charge in [-0.3, -0.25) is 0 Å². The van der Waals surface area contributed by atoms with Crippen LogP contribution in [0.2, 0.25) is 0 Å². The minimum absolute atomic E-state index is 0.636. The second-order valence-electron chi connectivity index (χ2n) is 3.52. The summed E-state index contributed by atoms with van der Waals surface area (Å²) in [6.45, 7) is 2.65. The SMILES string of the molecule is CCOc1ccc(-c2cccnc2OC)cc1. The molecule has 0 N–H and O–H groups in total. The molecule has 88 valence electrons. The highest BCUT2D eigenvalue weighted by Crippen LogP contribution is 2.28. The van der Waals surface area contributed by atoms with Gasteiger partial charge in [0, 0.05) is 11.8 Å². The maximum atomic E-state index is 5.41. The van der Waals surface area contributed by atoms with Crippen LogP contribution in [0.15, 0.2) is 42.6 Å². The van der Waals surface area contributed by atoms with E-state index in [4.69, 9.17) is 9.47 Å². The lowest BCUT2D eigenvalue weighted by Crippen LogP contribution is -1.92. The molecule has 0 saturated heterocycles. The summed E-state index contributed by atoms with van der Waals surface area (Å²) in [5.74, 6) is 1.51. The maximum Gasteiger partial charge on any atom is 0.221 e. The third kappa shape index (κ3) is 2.56. The smallest absolute Gasteiger partial charge is 0.221 e. The lowest BCUT2D eigenvalue weighted by atomic mass is 10.1. The first-order valence-electron chi connectivity index (χ1n) is 5.57. The van der Waals surface area contributed by atoms with E-state index in [9.17, 15) is 0 Å². The number of aromatic nitrogens is 1. The Morgan fingerprint density at radius 2 is 1.88 bits per heavy atom. The number of pyridine rings is 1. The third-order valence-electron chi connectivity index (χ3n) is 2.44. The number of nitrogens with zero attached hydrogens (tertiary/aromatic N) is 1. The summed E-state index contributed by atoms with van der Waals surface area (Å²) in [6, 6.07) is 11.8. The highest BCUT2D eigenvalue weighted by Gasteiger charge is 2.05. The molecule has 0 unspecified atom stereocenters. The van der Waals surface area contributed by atoms with Crippen molar-refractivity contribution in [2.75, 3.05) is 13.7 Å². The molecule has 0 amide bonds. The van der Waals surface area contributed by atoms with Crippen molar-refractivity contribution in [1.29, 1.82) is 0 Å². The first-order valence-corrected chi connectivity index (χ1v) is 5.57.